The van der Waals surface area contributed by atoms with Crippen LogP contribution in [0.2, 0.25) is 5.02 Å². The van der Waals surface area contributed by atoms with Crippen LogP contribution in [0.5, 0.6) is 0 Å². The summed E-state index contributed by atoms with van der Waals surface area (Å²) in [4.78, 5) is 30.1. The van der Waals surface area contributed by atoms with Crippen molar-refractivity contribution in [1.29, 1.82) is 0 Å². The van der Waals surface area contributed by atoms with E-state index in [9.17, 15) is 9.59 Å². The highest BCUT2D eigenvalue weighted by Crippen LogP contribution is 2.25. The number of hydrogen-bond acceptors (Lipinski definition) is 5. The van der Waals surface area contributed by atoms with Crippen molar-refractivity contribution in [2.75, 3.05) is 17.2 Å². The molecule has 6 nitrogen and oxygen atoms in total. The summed E-state index contributed by atoms with van der Waals surface area (Å²) in [5.41, 5.74) is 2.00. The van der Waals surface area contributed by atoms with Crippen molar-refractivity contribution in [2.24, 2.45) is 0 Å². The van der Waals surface area contributed by atoms with Crippen molar-refractivity contribution >= 4 is 45.6 Å². The van der Waals surface area contributed by atoms with Crippen LogP contribution in [0.25, 0.3) is 0 Å². The number of amides is 2. The summed E-state index contributed by atoms with van der Waals surface area (Å²) in [5.74, 6) is -0.476. The number of benzene rings is 2. The van der Waals surface area contributed by atoms with Gasteiger partial charge in [-0.05, 0) is 42.7 Å². The van der Waals surface area contributed by atoms with Gasteiger partial charge < -0.3 is 10.1 Å². The Kier molecular flexibility index (Phi) is 6.42. The van der Waals surface area contributed by atoms with Gasteiger partial charge in [0.25, 0.3) is 11.8 Å². The number of hydrogen-bond donors (Lipinski definition) is 2. The van der Waals surface area contributed by atoms with Gasteiger partial charge in [-0.1, -0.05) is 35.9 Å². The minimum Gasteiger partial charge on any atom is -0.368 e. The van der Waals surface area contributed by atoms with Crippen LogP contribution in [0, 0.1) is 0 Å². The van der Waals surface area contributed by atoms with Gasteiger partial charge in [-0.2, -0.15) is 0 Å². The van der Waals surface area contributed by atoms with Crippen molar-refractivity contribution in [1.82, 2.24) is 4.98 Å². The second-order valence-corrected chi connectivity index (χ2v) is 8.45. The summed E-state index contributed by atoms with van der Waals surface area (Å²) in [5, 5.41) is 6.84. The van der Waals surface area contributed by atoms with E-state index in [2.05, 4.69) is 15.6 Å². The fourth-order valence-electron chi connectivity index (χ4n) is 3.19. The zero-order chi connectivity index (χ0) is 20.9. The van der Waals surface area contributed by atoms with Crippen LogP contribution in [0.3, 0.4) is 0 Å². The summed E-state index contributed by atoms with van der Waals surface area (Å²) in [6.45, 7) is 0.604. The number of anilines is 2. The Balaban J connectivity index is 1.39. The van der Waals surface area contributed by atoms with Gasteiger partial charge in [-0.25, -0.2) is 4.98 Å². The van der Waals surface area contributed by atoms with Crippen LogP contribution in [-0.2, 0) is 16.0 Å². The van der Waals surface area contributed by atoms with Crippen LogP contribution < -0.4 is 10.6 Å². The van der Waals surface area contributed by atoms with E-state index in [0.29, 0.717) is 40.9 Å². The summed E-state index contributed by atoms with van der Waals surface area (Å²) < 4.78 is 5.39. The third kappa shape index (κ3) is 5.05. The summed E-state index contributed by atoms with van der Waals surface area (Å²) in [6, 6.07) is 14.5. The van der Waals surface area contributed by atoms with Crippen LogP contribution in [0.4, 0.5) is 10.8 Å². The van der Waals surface area contributed by atoms with Crippen LogP contribution in [0.1, 0.15) is 33.6 Å². The molecular weight excluding hydrogens is 422 g/mol. The maximum Gasteiger partial charge on any atom is 0.257 e. The molecule has 1 aromatic heterocycles. The van der Waals surface area contributed by atoms with Gasteiger partial charge in [0, 0.05) is 40.4 Å². The van der Waals surface area contributed by atoms with Crippen LogP contribution in [-0.4, -0.2) is 29.5 Å². The van der Waals surface area contributed by atoms with Crippen molar-refractivity contribution in [3.05, 3.63) is 75.8 Å². The monoisotopic (exact) mass is 441 g/mol. The number of thiazole rings is 1. The number of nitrogens with one attached hydrogen (secondary N) is 2. The maximum atomic E-state index is 12.6. The minimum atomic E-state index is -0.422. The molecule has 0 saturated carbocycles. The van der Waals surface area contributed by atoms with E-state index in [4.69, 9.17) is 16.3 Å². The molecule has 3 aromatic rings. The smallest absolute Gasteiger partial charge is 0.257 e. The number of aromatic nitrogens is 1. The van der Waals surface area contributed by atoms with E-state index in [1.54, 1.807) is 30.5 Å². The van der Waals surface area contributed by atoms with Crippen molar-refractivity contribution < 1.29 is 14.3 Å². The Morgan fingerprint density at radius 2 is 2.03 bits per heavy atom. The Morgan fingerprint density at radius 3 is 2.83 bits per heavy atom. The molecule has 0 radical (unpaired) electrons. The lowest BCUT2D eigenvalue weighted by Gasteiger charge is -2.11. The second kappa shape index (κ2) is 9.38. The first-order valence-corrected chi connectivity index (χ1v) is 10.8. The molecule has 1 saturated heterocycles. The third-order valence-corrected chi connectivity index (χ3v) is 5.99. The maximum absolute atomic E-state index is 12.6. The molecule has 2 heterocycles. The fourth-order valence-corrected chi connectivity index (χ4v) is 4.22. The Labute approximate surface area is 183 Å². The van der Waals surface area contributed by atoms with E-state index < -0.39 is 6.10 Å². The molecule has 1 unspecified atom stereocenters. The molecule has 1 fully saturated rings. The minimum absolute atomic E-state index is 0.186. The van der Waals surface area contributed by atoms with Gasteiger partial charge in [0.05, 0.1) is 0 Å². The molecule has 2 amide bonds. The number of carbonyl (C=O) groups is 2. The largest absolute Gasteiger partial charge is 0.368 e. The molecule has 1 atom stereocenters. The normalized spacial score (nSPS) is 15.7. The van der Waals surface area contributed by atoms with E-state index in [1.807, 2.05) is 24.3 Å². The Hall–Kier alpha value is -2.74. The quantitative estimate of drug-likeness (QED) is 0.578. The summed E-state index contributed by atoms with van der Waals surface area (Å²) in [6.07, 6.45) is 3.56. The predicted octanol–water partition coefficient (Wildman–Crippen LogP) is 4.76. The van der Waals surface area contributed by atoms with E-state index >= 15 is 0 Å². The number of halogens is 1. The van der Waals surface area contributed by atoms with Crippen molar-refractivity contribution in [3.8, 4) is 0 Å². The number of nitrogens with zero attached hydrogens (tertiary/aromatic N) is 1. The molecule has 0 spiro atoms. The molecule has 154 valence electrons. The highest BCUT2D eigenvalue weighted by atomic mass is 35.5. The van der Waals surface area contributed by atoms with Gasteiger partial charge in [-0.3, -0.25) is 14.9 Å². The van der Waals surface area contributed by atoms with E-state index in [1.165, 1.54) is 11.3 Å². The number of rotatable bonds is 6. The zero-order valence-electron chi connectivity index (χ0n) is 16.1. The number of ether oxygens (including phenoxy) is 1. The van der Waals surface area contributed by atoms with E-state index in [0.717, 1.165) is 16.9 Å². The molecule has 2 aromatic carbocycles. The van der Waals surface area contributed by atoms with Gasteiger partial charge in [0.2, 0.25) is 0 Å². The molecule has 0 bridgehead atoms. The SMILES string of the molecule is O=C(Nc1ncc(Cc2ccccc2Cl)s1)c1cccc(NC(=O)C2CCCO2)c1. The van der Waals surface area contributed by atoms with Crippen molar-refractivity contribution in [3.63, 3.8) is 0 Å². The fraction of sp³-hybridized carbons (Fsp3) is 0.227. The lowest BCUT2D eigenvalue weighted by Crippen LogP contribution is -2.27. The van der Waals surface area contributed by atoms with Crippen LogP contribution >= 0.6 is 22.9 Å². The molecule has 0 aliphatic carbocycles. The Morgan fingerprint density at radius 1 is 1.17 bits per heavy atom. The molecule has 30 heavy (non-hydrogen) atoms. The molecule has 8 heteroatoms. The molecular formula is C22H20ClN3O3S. The lowest BCUT2D eigenvalue weighted by atomic mass is 10.1. The topological polar surface area (TPSA) is 80.3 Å². The van der Waals surface area contributed by atoms with Gasteiger partial charge in [-0.15, -0.1) is 11.3 Å². The first-order chi connectivity index (χ1) is 14.6. The standard InChI is InChI=1S/C22H20ClN3O3S/c23-18-8-2-1-5-14(18)12-17-13-24-22(30-17)26-20(27)15-6-3-7-16(11-15)25-21(28)19-9-4-10-29-19/h1-3,5-8,11,13,19H,4,9-10,12H2,(H,25,28)(H,24,26,27). The third-order valence-electron chi connectivity index (χ3n) is 4.71. The first kappa shape index (κ1) is 20.5. The summed E-state index contributed by atoms with van der Waals surface area (Å²) in [7, 11) is 0. The van der Waals surface area contributed by atoms with Gasteiger partial charge in [0.1, 0.15) is 6.10 Å². The average Bonchev–Trinajstić information content (AvgIpc) is 3.42. The first-order valence-electron chi connectivity index (χ1n) is 9.60. The predicted molar refractivity (Wildman–Crippen MR) is 118 cm³/mol. The average molecular weight is 442 g/mol. The second-order valence-electron chi connectivity index (χ2n) is 6.93. The lowest BCUT2D eigenvalue weighted by molar-refractivity contribution is -0.124. The molecule has 4 rings (SSSR count). The van der Waals surface area contributed by atoms with E-state index in [-0.39, 0.29) is 11.8 Å². The molecule has 1 aliphatic rings. The van der Waals surface area contributed by atoms with Gasteiger partial charge >= 0.3 is 0 Å². The Bertz CT molecular complexity index is 1060. The zero-order valence-corrected chi connectivity index (χ0v) is 17.6. The highest BCUT2D eigenvalue weighted by Gasteiger charge is 2.23. The van der Waals surface area contributed by atoms with Crippen LogP contribution in [0.15, 0.2) is 54.7 Å². The number of carbonyl (C=O) groups excluding carboxylic acids is 2. The summed E-state index contributed by atoms with van der Waals surface area (Å²) >= 11 is 7.62. The van der Waals surface area contributed by atoms with Crippen molar-refractivity contribution in [2.45, 2.75) is 25.4 Å². The highest BCUT2D eigenvalue weighted by molar-refractivity contribution is 7.15. The molecule has 2 N–H and O–H groups in total. The molecule has 1 aliphatic heterocycles. The van der Waals surface area contributed by atoms with Gasteiger partial charge in [0.15, 0.2) is 5.13 Å².